The van der Waals surface area contributed by atoms with Gasteiger partial charge in [-0.15, -0.1) is 0 Å². The second-order valence-corrected chi connectivity index (χ2v) is 6.17. The molecule has 0 spiro atoms. The molecule has 1 amide bonds. The van der Waals surface area contributed by atoms with Gasteiger partial charge in [-0.25, -0.2) is 0 Å². The van der Waals surface area contributed by atoms with Crippen LogP contribution < -0.4 is 10.2 Å². The molecule has 1 saturated heterocycles. The molecular formula is C19H23N3O. The molecule has 0 atom stereocenters. The summed E-state index contributed by atoms with van der Waals surface area (Å²) >= 11 is 0. The molecule has 1 aromatic carbocycles. The Morgan fingerprint density at radius 2 is 1.96 bits per heavy atom. The average Bonchev–Trinajstić information content (AvgIpc) is 2.61. The Bertz CT molecular complexity index is 649. The van der Waals surface area contributed by atoms with Gasteiger partial charge in [0, 0.05) is 43.6 Å². The van der Waals surface area contributed by atoms with E-state index in [1.165, 1.54) is 11.3 Å². The molecule has 2 aromatic rings. The van der Waals surface area contributed by atoms with Crippen molar-refractivity contribution < 1.29 is 4.79 Å². The van der Waals surface area contributed by atoms with E-state index in [2.05, 4.69) is 40.3 Å². The van der Waals surface area contributed by atoms with E-state index in [1.807, 2.05) is 30.6 Å². The van der Waals surface area contributed by atoms with Gasteiger partial charge in [0.25, 0.3) is 0 Å². The fourth-order valence-corrected chi connectivity index (χ4v) is 3.11. The lowest BCUT2D eigenvalue weighted by atomic mass is 9.95. The number of aryl methyl sites for hydroxylation is 1. The van der Waals surface area contributed by atoms with Crippen molar-refractivity contribution in [1.82, 2.24) is 10.3 Å². The van der Waals surface area contributed by atoms with E-state index in [9.17, 15) is 4.79 Å². The van der Waals surface area contributed by atoms with Crippen molar-refractivity contribution >= 4 is 11.6 Å². The number of aromatic nitrogens is 1. The molecule has 0 aliphatic carbocycles. The summed E-state index contributed by atoms with van der Waals surface area (Å²) in [6.45, 7) is 4.53. The van der Waals surface area contributed by atoms with Crippen LogP contribution >= 0.6 is 0 Å². The molecule has 1 aliphatic heterocycles. The predicted molar refractivity (Wildman–Crippen MR) is 92.2 cm³/mol. The molecule has 1 aliphatic rings. The monoisotopic (exact) mass is 309 g/mol. The number of nitrogens with one attached hydrogen (secondary N) is 1. The van der Waals surface area contributed by atoms with Crippen LogP contribution in [0.5, 0.6) is 0 Å². The Balaban J connectivity index is 1.48. The third-order valence-corrected chi connectivity index (χ3v) is 4.44. The number of nitrogens with zero attached hydrogens (tertiary/aromatic N) is 2. The largest absolute Gasteiger partial charge is 0.371 e. The zero-order valence-electron chi connectivity index (χ0n) is 13.5. The van der Waals surface area contributed by atoms with Crippen LogP contribution in [0.1, 0.15) is 24.0 Å². The van der Waals surface area contributed by atoms with Crippen LogP contribution in [-0.4, -0.2) is 24.0 Å². The third kappa shape index (κ3) is 4.09. The van der Waals surface area contributed by atoms with Gasteiger partial charge >= 0.3 is 0 Å². The van der Waals surface area contributed by atoms with Gasteiger partial charge < -0.3 is 10.2 Å². The van der Waals surface area contributed by atoms with Crippen molar-refractivity contribution in [2.75, 3.05) is 18.0 Å². The number of hydrogen-bond acceptors (Lipinski definition) is 3. The zero-order valence-corrected chi connectivity index (χ0v) is 13.5. The Kier molecular flexibility index (Phi) is 4.91. The first-order valence-corrected chi connectivity index (χ1v) is 8.20. The molecule has 3 rings (SSSR count). The van der Waals surface area contributed by atoms with Crippen molar-refractivity contribution in [1.29, 1.82) is 0 Å². The van der Waals surface area contributed by atoms with Gasteiger partial charge in [0.2, 0.25) is 5.91 Å². The first-order chi connectivity index (χ1) is 11.2. The highest BCUT2D eigenvalue weighted by atomic mass is 16.1. The van der Waals surface area contributed by atoms with Gasteiger partial charge in [-0.05, 0) is 37.5 Å². The number of hydrogen-bond donors (Lipinski definition) is 1. The summed E-state index contributed by atoms with van der Waals surface area (Å²) in [6, 6.07) is 12.3. The average molecular weight is 309 g/mol. The van der Waals surface area contributed by atoms with Crippen LogP contribution in [-0.2, 0) is 11.3 Å². The second-order valence-electron chi connectivity index (χ2n) is 6.17. The predicted octanol–water partition coefficient (Wildman–Crippen LogP) is 2.92. The highest BCUT2D eigenvalue weighted by Crippen LogP contribution is 2.22. The minimum atomic E-state index is 0.123. The van der Waals surface area contributed by atoms with E-state index in [4.69, 9.17) is 0 Å². The highest BCUT2D eigenvalue weighted by Gasteiger charge is 2.24. The molecule has 0 unspecified atom stereocenters. The lowest BCUT2D eigenvalue weighted by molar-refractivity contribution is -0.125. The van der Waals surface area contributed by atoms with Crippen LogP contribution in [0.25, 0.3) is 0 Å². The zero-order chi connectivity index (χ0) is 16.1. The molecule has 0 radical (unpaired) electrons. The Morgan fingerprint density at radius 3 is 2.65 bits per heavy atom. The molecule has 1 N–H and O–H groups in total. The van der Waals surface area contributed by atoms with Gasteiger partial charge in [-0.3, -0.25) is 9.78 Å². The molecule has 1 aromatic heterocycles. The molecule has 1 fully saturated rings. The Labute approximate surface area is 137 Å². The summed E-state index contributed by atoms with van der Waals surface area (Å²) in [7, 11) is 0. The normalized spacial score (nSPS) is 15.4. The molecule has 120 valence electrons. The quantitative estimate of drug-likeness (QED) is 0.944. The van der Waals surface area contributed by atoms with Crippen LogP contribution in [0, 0.1) is 12.8 Å². The fourth-order valence-electron chi connectivity index (χ4n) is 3.11. The van der Waals surface area contributed by atoms with Crippen LogP contribution in [0.15, 0.2) is 48.8 Å². The first kappa shape index (κ1) is 15.5. The van der Waals surface area contributed by atoms with E-state index >= 15 is 0 Å². The fraction of sp³-hybridized carbons (Fsp3) is 0.368. The first-order valence-electron chi connectivity index (χ1n) is 8.20. The van der Waals surface area contributed by atoms with Crippen LogP contribution in [0.3, 0.4) is 0 Å². The minimum absolute atomic E-state index is 0.123. The Morgan fingerprint density at radius 1 is 1.22 bits per heavy atom. The number of piperidine rings is 1. The van der Waals surface area contributed by atoms with Crippen molar-refractivity contribution in [3.63, 3.8) is 0 Å². The van der Waals surface area contributed by atoms with Crippen molar-refractivity contribution in [2.45, 2.75) is 26.3 Å². The van der Waals surface area contributed by atoms with E-state index in [1.54, 1.807) is 0 Å². The summed E-state index contributed by atoms with van der Waals surface area (Å²) in [5.41, 5.74) is 3.58. The lowest BCUT2D eigenvalue weighted by Gasteiger charge is -2.32. The number of carbonyl (C=O) groups is 1. The van der Waals surface area contributed by atoms with Gasteiger partial charge in [-0.2, -0.15) is 0 Å². The van der Waals surface area contributed by atoms with Gasteiger partial charge in [0.15, 0.2) is 0 Å². The van der Waals surface area contributed by atoms with Crippen molar-refractivity contribution in [3.05, 3.63) is 59.9 Å². The van der Waals surface area contributed by atoms with E-state index in [0.717, 1.165) is 31.5 Å². The van der Waals surface area contributed by atoms with E-state index in [-0.39, 0.29) is 11.8 Å². The number of benzene rings is 1. The van der Waals surface area contributed by atoms with E-state index < -0.39 is 0 Å². The second kappa shape index (κ2) is 7.27. The van der Waals surface area contributed by atoms with E-state index in [0.29, 0.717) is 6.54 Å². The SMILES string of the molecule is Cc1cccc(CNC(=O)C2CCN(c3ccncc3)CC2)c1. The lowest BCUT2D eigenvalue weighted by Crippen LogP contribution is -2.40. The van der Waals surface area contributed by atoms with Crippen molar-refractivity contribution in [2.24, 2.45) is 5.92 Å². The number of anilines is 1. The number of pyridine rings is 1. The summed E-state index contributed by atoms with van der Waals surface area (Å²) in [4.78, 5) is 18.7. The van der Waals surface area contributed by atoms with Crippen LogP contribution in [0.4, 0.5) is 5.69 Å². The van der Waals surface area contributed by atoms with Gasteiger partial charge in [-0.1, -0.05) is 29.8 Å². The third-order valence-electron chi connectivity index (χ3n) is 4.44. The molecule has 0 bridgehead atoms. The number of amides is 1. The maximum atomic E-state index is 12.4. The summed E-state index contributed by atoms with van der Waals surface area (Å²) < 4.78 is 0. The molecule has 23 heavy (non-hydrogen) atoms. The number of carbonyl (C=O) groups excluding carboxylic acids is 1. The van der Waals surface area contributed by atoms with Crippen molar-refractivity contribution in [3.8, 4) is 0 Å². The maximum Gasteiger partial charge on any atom is 0.223 e. The molecule has 2 heterocycles. The molecule has 0 saturated carbocycles. The van der Waals surface area contributed by atoms with Crippen LogP contribution in [0.2, 0.25) is 0 Å². The summed E-state index contributed by atoms with van der Waals surface area (Å²) in [5, 5.41) is 3.08. The van der Waals surface area contributed by atoms with Gasteiger partial charge in [0.1, 0.15) is 0 Å². The smallest absolute Gasteiger partial charge is 0.223 e. The molecule has 4 nitrogen and oxygen atoms in total. The standard InChI is InChI=1S/C19H23N3O/c1-15-3-2-4-16(13-15)14-21-19(23)17-7-11-22(12-8-17)18-5-9-20-10-6-18/h2-6,9-10,13,17H,7-8,11-12,14H2,1H3,(H,21,23). The Hall–Kier alpha value is -2.36. The van der Waals surface area contributed by atoms with Gasteiger partial charge in [0.05, 0.1) is 0 Å². The summed E-state index contributed by atoms with van der Waals surface area (Å²) in [6.07, 6.45) is 5.44. The topological polar surface area (TPSA) is 45.2 Å². The molecule has 4 heteroatoms. The maximum absolute atomic E-state index is 12.4. The summed E-state index contributed by atoms with van der Waals surface area (Å²) in [5.74, 6) is 0.304. The minimum Gasteiger partial charge on any atom is -0.371 e. The number of rotatable bonds is 4. The highest BCUT2D eigenvalue weighted by molar-refractivity contribution is 5.79. The molecular weight excluding hydrogens is 286 g/mol.